The lowest BCUT2D eigenvalue weighted by Gasteiger charge is -2.35. The smallest absolute Gasteiger partial charge is 0.267 e. The summed E-state index contributed by atoms with van der Waals surface area (Å²) in [5.41, 5.74) is 7.60. The number of hydrogen-bond acceptors (Lipinski definition) is 19. The minimum Gasteiger partial charge on any atom is -0.378 e. The molecule has 0 unspecified atom stereocenters. The van der Waals surface area contributed by atoms with Gasteiger partial charge in [-0.05, 0) is 25.5 Å². The van der Waals surface area contributed by atoms with Crippen LogP contribution >= 0.6 is 22.9 Å². The van der Waals surface area contributed by atoms with E-state index in [0.717, 1.165) is 49.8 Å². The molecule has 4 N–H and O–H groups in total. The predicted molar refractivity (Wildman–Crippen MR) is 239 cm³/mol. The largest absolute Gasteiger partial charge is 0.378 e. The summed E-state index contributed by atoms with van der Waals surface area (Å²) >= 11 is 7.53. The van der Waals surface area contributed by atoms with Crippen molar-refractivity contribution in [3.05, 3.63) is 63.6 Å². The summed E-state index contributed by atoms with van der Waals surface area (Å²) < 4.78 is 46.0. The number of carbonyl (C=O) groups excluding carboxylic acids is 1. The van der Waals surface area contributed by atoms with Crippen molar-refractivity contribution in [1.29, 1.82) is 0 Å². The molecule has 0 bridgehead atoms. The normalized spacial score (nSPS) is 13.2. The van der Waals surface area contributed by atoms with Gasteiger partial charge in [0.15, 0.2) is 5.13 Å². The Morgan fingerprint density at radius 3 is 2.00 bits per heavy atom. The highest BCUT2D eigenvalue weighted by Gasteiger charge is 2.20. The quantitative estimate of drug-likeness (QED) is 0.0585. The number of carbonyl (C=O) groups is 1. The van der Waals surface area contributed by atoms with E-state index in [1.165, 1.54) is 17.5 Å². The van der Waals surface area contributed by atoms with Gasteiger partial charge in [0.1, 0.15) is 28.0 Å². The maximum Gasteiger partial charge on any atom is 0.267 e. The van der Waals surface area contributed by atoms with Gasteiger partial charge in [0.25, 0.3) is 5.91 Å². The number of amides is 1. The van der Waals surface area contributed by atoms with E-state index in [1.54, 1.807) is 10.7 Å². The number of aryl methyl sites for hydroxylation is 2. The third-order valence-electron chi connectivity index (χ3n) is 9.29. The van der Waals surface area contributed by atoms with Crippen molar-refractivity contribution in [1.82, 2.24) is 34.8 Å². The fourth-order valence-electron chi connectivity index (χ4n) is 6.04. The second-order valence-corrected chi connectivity index (χ2v) is 15.6. The zero-order valence-electron chi connectivity index (χ0n) is 36.3. The molecule has 0 aliphatic carbocycles. The summed E-state index contributed by atoms with van der Waals surface area (Å²) in [7, 11) is 0. The molecule has 63 heavy (non-hydrogen) atoms. The van der Waals surface area contributed by atoms with Crippen LogP contribution < -0.4 is 21.3 Å². The number of ether oxygens (including phenoxy) is 8. The fourth-order valence-corrected chi connectivity index (χ4v) is 7.03. The van der Waals surface area contributed by atoms with E-state index in [1.807, 2.05) is 38.2 Å². The highest BCUT2D eigenvalue weighted by Crippen LogP contribution is 2.28. The molecule has 0 spiro atoms. The Labute approximate surface area is 378 Å². The first-order valence-corrected chi connectivity index (χ1v) is 22.4. The van der Waals surface area contributed by atoms with Gasteiger partial charge in [0, 0.05) is 45.3 Å². The van der Waals surface area contributed by atoms with Gasteiger partial charge in [-0.25, -0.2) is 19.6 Å². The van der Waals surface area contributed by atoms with Crippen LogP contribution in [0.4, 0.5) is 22.5 Å². The van der Waals surface area contributed by atoms with Gasteiger partial charge in [-0.2, -0.15) is 0 Å². The van der Waals surface area contributed by atoms with Crippen molar-refractivity contribution in [3.63, 3.8) is 0 Å². The van der Waals surface area contributed by atoms with E-state index < -0.39 is 0 Å². The molecular formula is C41H62ClN11O9S. The van der Waals surface area contributed by atoms with Gasteiger partial charge in [-0.3, -0.25) is 9.69 Å². The molecule has 4 aromatic rings. The van der Waals surface area contributed by atoms with E-state index in [9.17, 15) is 4.79 Å². The van der Waals surface area contributed by atoms with Crippen molar-refractivity contribution in [3.8, 4) is 0 Å². The molecule has 20 nitrogen and oxygen atoms in total. The van der Waals surface area contributed by atoms with Crippen molar-refractivity contribution < 1.29 is 42.7 Å². The van der Waals surface area contributed by atoms with E-state index in [2.05, 4.69) is 40.7 Å². The van der Waals surface area contributed by atoms with Gasteiger partial charge in [0.05, 0.1) is 135 Å². The van der Waals surface area contributed by atoms with E-state index >= 15 is 0 Å². The lowest BCUT2D eigenvalue weighted by molar-refractivity contribution is -0.0205. The van der Waals surface area contributed by atoms with Gasteiger partial charge in [-0.15, -0.1) is 5.10 Å². The predicted octanol–water partition coefficient (Wildman–Crippen LogP) is 3.20. The number of nitrogens with two attached hydrogens (primary N) is 1. The lowest BCUT2D eigenvalue weighted by atomic mass is 10.2. The number of piperazine rings is 1. The highest BCUT2D eigenvalue weighted by atomic mass is 35.5. The number of para-hydroxylation sites is 1. The molecule has 0 radical (unpaired) electrons. The van der Waals surface area contributed by atoms with Crippen LogP contribution in [0.5, 0.6) is 0 Å². The second kappa shape index (κ2) is 29.5. The molecule has 1 amide bonds. The minimum atomic E-state index is -0.278. The number of nitrogens with zero attached hydrogens (tertiary/aromatic N) is 8. The summed E-state index contributed by atoms with van der Waals surface area (Å²) in [4.78, 5) is 31.6. The SMILES string of the molecule is Cc1nc(Nc2ncc(C(=O)Nc3c(C)cccc3Cl)s2)cc(N2CCN(CCOCc3cn(CCOCCOCCOCCOCCOCCOCCOCCN)nn3)CC2)n1. The monoisotopic (exact) mass is 919 g/mol. The Morgan fingerprint density at radius 1 is 0.778 bits per heavy atom. The first-order chi connectivity index (χ1) is 30.9. The number of thiazole rings is 1. The van der Waals surface area contributed by atoms with Crippen LogP contribution in [0, 0.1) is 13.8 Å². The standard InChI is InChI=1S/C41H62ClN11O9S/c1-32-4-3-5-35(42)39(32)48-40(54)36-29-44-41(63-36)47-37-28-38(46-33(2)45-37)52-9-7-51(8-10-52)11-14-62-31-34-30-53(50-49-34)12-15-56-17-19-58-21-23-60-25-27-61-26-24-59-22-20-57-18-16-55-13-6-43/h3-5,28-30H,6-27,31,43H2,1-2H3,(H,48,54)(H,44,45,46,47). The van der Waals surface area contributed by atoms with Crippen LogP contribution in [0.15, 0.2) is 36.7 Å². The molecule has 1 aliphatic heterocycles. The molecule has 1 saturated heterocycles. The Morgan fingerprint density at radius 2 is 1.38 bits per heavy atom. The van der Waals surface area contributed by atoms with Gasteiger partial charge in [-0.1, -0.05) is 40.3 Å². The van der Waals surface area contributed by atoms with Crippen molar-refractivity contribution in [2.75, 3.05) is 154 Å². The molecule has 3 aromatic heterocycles. The van der Waals surface area contributed by atoms with Crippen molar-refractivity contribution in [2.45, 2.75) is 27.0 Å². The van der Waals surface area contributed by atoms with Crippen LogP contribution in [0.1, 0.15) is 26.8 Å². The van der Waals surface area contributed by atoms with Gasteiger partial charge in [0.2, 0.25) is 0 Å². The number of benzene rings is 1. The molecule has 1 fully saturated rings. The Kier molecular flexibility index (Phi) is 23.4. The Balaban J connectivity index is 0.838. The molecular weight excluding hydrogens is 858 g/mol. The first-order valence-electron chi connectivity index (χ1n) is 21.2. The van der Waals surface area contributed by atoms with Crippen molar-refractivity contribution in [2.24, 2.45) is 5.73 Å². The maximum absolute atomic E-state index is 12.9. The second-order valence-electron chi connectivity index (χ2n) is 14.1. The molecule has 22 heteroatoms. The molecule has 1 aromatic carbocycles. The zero-order chi connectivity index (χ0) is 44.3. The molecule has 348 valence electrons. The summed E-state index contributed by atoms with van der Waals surface area (Å²) in [5, 5.41) is 15.6. The van der Waals surface area contributed by atoms with Crippen LogP contribution in [0.2, 0.25) is 5.02 Å². The topological polar surface area (TPSA) is 217 Å². The van der Waals surface area contributed by atoms with Crippen LogP contribution in [0.25, 0.3) is 0 Å². The first kappa shape index (κ1) is 50.0. The van der Waals surface area contributed by atoms with Gasteiger partial charge < -0.3 is 59.2 Å². The number of halogens is 1. The summed E-state index contributed by atoms with van der Waals surface area (Å²) in [6.45, 7) is 17.1. The number of hydrogen-bond donors (Lipinski definition) is 3. The zero-order valence-corrected chi connectivity index (χ0v) is 37.9. The number of nitrogens with one attached hydrogen (secondary N) is 2. The maximum atomic E-state index is 12.9. The molecule has 0 atom stereocenters. The number of anilines is 4. The minimum absolute atomic E-state index is 0.278. The summed E-state index contributed by atoms with van der Waals surface area (Å²) in [6, 6.07) is 7.39. The van der Waals surface area contributed by atoms with E-state index in [4.69, 9.17) is 60.2 Å². The fraction of sp³-hybridized carbons (Fsp3) is 0.610. The highest BCUT2D eigenvalue weighted by molar-refractivity contribution is 7.17. The summed E-state index contributed by atoms with van der Waals surface area (Å²) in [6.07, 6.45) is 3.42. The molecule has 4 heterocycles. The Bertz CT molecular complexity index is 1870. The number of aromatic nitrogens is 6. The molecule has 1 aliphatic rings. The summed E-state index contributed by atoms with van der Waals surface area (Å²) in [5.74, 6) is 1.81. The average molecular weight is 921 g/mol. The number of rotatable bonds is 33. The van der Waals surface area contributed by atoms with Gasteiger partial charge >= 0.3 is 0 Å². The van der Waals surface area contributed by atoms with Crippen LogP contribution in [-0.4, -0.2) is 179 Å². The molecule has 5 rings (SSSR count). The van der Waals surface area contributed by atoms with Crippen LogP contribution in [-0.2, 0) is 51.0 Å². The van der Waals surface area contributed by atoms with Crippen molar-refractivity contribution >= 4 is 51.3 Å². The Hall–Kier alpha value is -3.97. The third kappa shape index (κ3) is 19.4. The van der Waals surface area contributed by atoms with E-state index in [0.29, 0.717) is 151 Å². The van der Waals surface area contributed by atoms with E-state index in [-0.39, 0.29) is 5.91 Å². The van der Waals surface area contributed by atoms with Crippen LogP contribution in [0.3, 0.4) is 0 Å². The lowest BCUT2D eigenvalue weighted by Crippen LogP contribution is -2.47. The molecule has 0 saturated carbocycles. The third-order valence-corrected chi connectivity index (χ3v) is 10.5. The average Bonchev–Trinajstić information content (AvgIpc) is 3.95.